The van der Waals surface area contributed by atoms with Crippen molar-refractivity contribution in [3.8, 4) is 0 Å². The molecule has 0 aliphatic carbocycles. The van der Waals surface area contributed by atoms with E-state index >= 15 is 0 Å². The van der Waals surface area contributed by atoms with E-state index in [1.165, 1.54) is 11.5 Å². The Bertz CT molecular complexity index is 434. The summed E-state index contributed by atoms with van der Waals surface area (Å²) >= 11 is 1.30. The zero-order valence-electron chi connectivity index (χ0n) is 9.88. The number of hydrogen-bond donors (Lipinski definition) is 2. The molecule has 2 rings (SSSR count). The Kier molecular flexibility index (Phi) is 3.05. The van der Waals surface area contributed by atoms with Gasteiger partial charge < -0.3 is 15.7 Å². The van der Waals surface area contributed by atoms with Crippen LogP contribution in [0.25, 0.3) is 0 Å². The van der Waals surface area contributed by atoms with Crippen LogP contribution < -0.4 is 10.6 Å². The van der Waals surface area contributed by atoms with Crippen molar-refractivity contribution in [2.45, 2.75) is 31.7 Å². The highest BCUT2D eigenvalue weighted by atomic mass is 32.1. The van der Waals surface area contributed by atoms with Gasteiger partial charge in [0, 0.05) is 30.5 Å². The molecule has 0 saturated carbocycles. The molecule has 7 heteroatoms. The summed E-state index contributed by atoms with van der Waals surface area (Å²) in [5, 5.41) is 9.81. The average Bonchev–Trinajstić information content (AvgIpc) is 2.84. The van der Waals surface area contributed by atoms with Crippen LogP contribution in [0.5, 0.6) is 0 Å². The Morgan fingerprint density at radius 2 is 2.35 bits per heavy atom. The van der Waals surface area contributed by atoms with E-state index in [2.05, 4.69) is 9.36 Å². The highest BCUT2D eigenvalue weighted by Gasteiger charge is 2.42. The summed E-state index contributed by atoms with van der Waals surface area (Å²) in [5.74, 6) is 0.133. The van der Waals surface area contributed by atoms with E-state index in [1.54, 1.807) is 0 Å². The minimum atomic E-state index is -1.15. The Morgan fingerprint density at radius 1 is 1.65 bits per heavy atom. The number of carbonyl (C=O) groups is 1. The zero-order valence-corrected chi connectivity index (χ0v) is 10.7. The van der Waals surface area contributed by atoms with Gasteiger partial charge in [-0.15, -0.1) is 0 Å². The van der Waals surface area contributed by atoms with Gasteiger partial charge in [0.1, 0.15) is 11.4 Å². The fourth-order valence-electron chi connectivity index (χ4n) is 1.76. The van der Waals surface area contributed by atoms with E-state index in [-0.39, 0.29) is 5.92 Å². The Hall–Kier alpha value is -1.21. The van der Waals surface area contributed by atoms with Crippen molar-refractivity contribution in [1.29, 1.82) is 0 Å². The summed E-state index contributed by atoms with van der Waals surface area (Å²) < 4.78 is 4.25. The number of nitrogens with two attached hydrogens (primary N) is 1. The number of aromatic nitrogens is 2. The van der Waals surface area contributed by atoms with Gasteiger partial charge in [0.25, 0.3) is 0 Å². The Morgan fingerprint density at radius 3 is 2.82 bits per heavy atom. The third kappa shape index (κ3) is 2.25. The summed E-state index contributed by atoms with van der Waals surface area (Å²) in [7, 11) is 0. The fraction of sp³-hybridized carbons (Fsp3) is 0.700. The topological polar surface area (TPSA) is 92.3 Å². The Balaban J connectivity index is 2.12. The van der Waals surface area contributed by atoms with Crippen molar-refractivity contribution < 1.29 is 9.90 Å². The van der Waals surface area contributed by atoms with Gasteiger partial charge in [-0.3, -0.25) is 4.79 Å². The van der Waals surface area contributed by atoms with Crippen molar-refractivity contribution >= 4 is 22.6 Å². The van der Waals surface area contributed by atoms with E-state index in [1.807, 2.05) is 18.7 Å². The number of aliphatic carboxylic acids is 1. The van der Waals surface area contributed by atoms with Crippen LogP contribution in [0.4, 0.5) is 5.13 Å². The molecule has 0 aromatic carbocycles. The van der Waals surface area contributed by atoms with Crippen LogP contribution in [0.3, 0.4) is 0 Å². The maximum atomic E-state index is 11.0. The van der Waals surface area contributed by atoms with Gasteiger partial charge in [-0.25, -0.2) is 4.98 Å². The lowest BCUT2D eigenvalue weighted by molar-refractivity contribution is -0.142. The standard InChI is InChI=1S/C10H16N4O2S/c1-6(2)7-12-9(17-13-7)14-4-3-10(11,5-14)8(15)16/h6H,3-5,11H2,1-2H3,(H,15,16). The molecular formula is C10H16N4O2S. The minimum Gasteiger partial charge on any atom is -0.480 e. The monoisotopic (exact) mass is 256 g/mol. The van der Waals surface area contributed by atoms with Crippen molar-refractivity contribution in [3.05, 3.63) is 5.82 Å². The lowest BCUT2D eigenvalue weighted by Gasteiger charge is -2.18. The smallest absolute Gasteiger partial charge is 0.325 e. The van der Waals surface area contributed by atoms with E-state index in [0.29, 0.717) is 19.5 Å². The first-order chi connectivity index (χ1) is 7.92. The third-order valence-corrected chi connectivity index (χ3v) is 3.74. The van der Waals surface area contributed by atoms with Crippen molar-refractivity contribution in [1.82, 2.24) is 9.36 Å². The second-order valence-electron chi connectivity index (χ2n) is 4.72. The van der Waals surface area contributed by atoms with Crippen LogP contribution in [0.15, 0.2) is 0 Å². The van der Waals surface area contributed by atoms with Gasteiger partial charge in [-0.2, -0.15) is 4.37 Å². The molecule has 1 unspecified atom stereocenters. The lowest BCUT2D eigenvalue weighted by Crippen LogP contribution is -2.50. The average molecular weight is 256 g/mol. The van der Waals surface area contributed by atoms with Crippen LogP contribution in [-0.4, -0.2) is 39.1 Å². The summed E-state index contributed by atoms with van der Waals surface area (Å²) in [6.07, 6.45) is 0.443. The summed E-state index contributed by atoms with van der Waals surface area (Å²) in [4.78, 5) is 17.3. The molecule has 94 valence electrons. The largest absolute Gasteiger partial charge is 0.480 e. The molecule has 1 saturated heterocycles. The van der Waals surface area contributed by atoms with E-state index < -0.39 is 11.5 Å². The van der Waals surface area contributed by atoms with Gasteiger partial charge in [0.05, 0.1) is 0 Å². The maximum absolute atomic E-state index is 11.0. The molecule has 6 nitrogen and oxygen atoms in total. The van der Waals surface area contributed by atoms with Crippen LogP contribution in [0.2, 0.25) is 0 Å². The highest BCUT2D eigenvalue weighted by Crippen LogP contribution is 2.28. The fourth-order valence-corrected chi connectivity index (χ4v) is 2.59. The summed E-state index contributed by atoms with van der Waals surface area (Å²) in [5.41, 5.74) is 4.66. The van der Waals surface area contributed by atoms with Gasteiger partial charge in [-0.1, -0.05) is 13.8 Å². The molecule has 3 N–H and O–H groups in total. The second-order valence-corrected chi connectivity index (χ2v) is 5.45. The van der Waals surface area contributed by atoms with Crippen LogP contribution in [-0.2, 0) is 4.79 Å². The van der Waals surface area contributed by atoms with Crippen LogP contribution >= 0.6 is 11.5 Å². The van der Waals surface area contributed by atoms with Crippen molar-refractivity contribution in [3.63, 3.8) is 0 Å². The predicted octanol–water partition coefficient (Wildman–Crippen LogP) is 0.654. The minimum absolute atomic E-state index is 0.282. The molecule has 1 aliphatic rings. The molecule has 1 aromatic rings. The SMILES string of the molecule is CC(C)c1nsc(N2CCC(N)(C(=O)O)C2)n1. The van der Waals surface area contributed by atoms with Crippen LogP contribution in [0, 0.1) is 0 Å². The molecule has 1 aliphatic heterocycles. The number of hydrogen-bond acceptors (Lipinski definition) is 6. The summed E-state index contributed by atoms with van der Waals surface area (Å²) in [6, 6.07) is 0. The van der Waals surface area contributed by atoms with E-state index in [4.69, 9.17) is 10.8 Å². The molecule has 0 amide bonds. The molecular weight excluding hydrogens is 240 g/mol. The number of anilines is 1. The van der Waals surface area contributed by atoms with E-state index in [9.17, 15) is 4.79 Å². The van der Waals surface area contributed by atoms with Crippen LogP contribution in [0.1, 0.15) is 32.0 Å². The van der Waals surface area contributed by atoms with Crippen molar-refractivity contribution in [2.75, 3.05) is 18.0 Å². The summed E-state index contributed by atoms with van der Waals surface area (Å²) in [6.45, 7) is 4.98. The lowest BCUT2D eigenvalue weighted by atomic mass is 10.0. The molecule has 0 spiro atoms. The van der Waals surface area contributed by atoms with Gasteiger partial charge >= 0.3 is 5.97 Å². The maximum Gasteiger partial charge on any atom is 0.325 e. The third-order valence-electron chi connectivity index (χ3n) is 2.94. The number of carboxylic acid groups (broad SMARTS) is 1. The number of carboxylic acids is 1. The molecule has 0 bridgehead atoms. The number of rotatable bonds is 3. The Labute approximate surface area is 104 Å². The molecule has 1 fully saturated rings. The zero-order chi connectivity index (χ0) is 12.6. The van der Waals surface area contributed by atoms with Crippen molar-refractivity contribution in [2.24, 2.45) is 5.73 Å². The number of nitrogens with zero attached hydrogens (tertiary/aromatic N) is 3. The first-order valence-corrected chi connectivity index (χ1v) is 6.30. The van der Waals surface area contributed by atoms with E-state index in [0.717, 1.165) is 11.0 Å². The van der Waals surface area contributed by atoms with Gasteiger partial charge in [0.2, 0.25) is 5.13 Å². The quantitative estimate of drug-likeness (QED) is 0.825. The molecule has 2 heterocycles. The highest BCUT2D eigenvalue weighted by molar-refractivity contribution is 7.09. The first kappa shape index (κ1) is 12.3. The molecule has 0 radical (unpaired) electrons. The van der Waals surface area contributed by atoms with Gasteiger partial charge in [0.15, 0.2) is 0 Å². The normalized spacial score (nSPS) is 24.6. The first-order valence-electron chi connectivity index (χ1n) is 5.53. The second kappa shape index (κ2) is 4.23. The molecule has 1 aromatic heterocycles. The predicted molar refractivity (Wildman–Crippen MR) is 65.4 cm³/mol. The van der Waals surface area contributed by atoms with Gasteiger partial charge in [-0.05, 0) is 6.42 Å². The molecule has 17 heavy (non-hydrogen) atoms. The molecule has 1 atom stereocenters.